The number of carbonyl (C=O) groups is 1. The van der Waals surface area contributed by atoms with Crippen LogP contribution in [0.1, 0.15) is 35.2 Å². The van der Waals surface area contributed by atoms with Crippen molar-refractivity contribution in [3.05, 3.63) is 107 Å². The van der Waals surface area contributed by atoms with Crippen molar-refractivity contribution in [1.29, 1.82) is 0 Å². The monoisotopic (exact) mass is 441 g/mol. The topological polar surface area (TPSA) is 72.2 Å². The van der Waals surface area contributed by atoms with Crippen LogP contribution in [0, 0.1) is 6.92 Å². The quantitative estimate of drug-likeness (QED) is 0.476. The maximum Gasteiger partial charge on any atom is 0.227 e. The average Bonchev–Trinajstić information content (AvgIpc) is 3.13. The molecular weight excluding hydrogens is 422 g/mol. The Labute approximate surface area is 190 Å². The Morgan fingerprint density at radius 2 is 1.69 bits per heavy atom. The zero-order valence-electron chi connectivity index (χ0n) is 17.4. The Bertz CT molecular complexity index is 1310. The number of aliphatic imine (C=N–C) groups is 1. The predicted octanol–water partition coefficient (Wildman–Crippen LogP) is 5.15. The van der Waals surface area contributed by atoms with Crippen LogP contribution in [0.2, 0.25) is 5.02 Å². The molecule has 1 amide bonds. The van der Waals surface area contributed by atoms with Crippen molar-refractivity contribution in [2.75, 3.05) is 5.32 Å². The minimum atomic E-state index is -0.502. The molecule has 5 rings (SSSR count). The number of aromatic nitrogens is 3. The fourth-order valence-corrected chi connectivity index (χ4v) is 4.05. The van der Waals surface area contributed by atoms with Gasteiger partial charge in [-0.3, -0.25) is 14.4 Å². The molecule has 4 aromatic rings. The van der Waals surface area contributed by atoms with Crippen molar-refractivity contribution in [3.63, 3.8) is 0 Å². The highest BCUT2D eigenvalue weighted by Crippen LogP contribution is 2.32. The van der Waals surface area contributed by atoms with Crippen LogP contribution < -0.4 is 5.32 Å². The van der Waals surface area contributed by atoms with E-state index >= 15 is 0 Å². The van der Waals surface area contributed by atoms with Gasteiger partial charge in [0, 0.05) is 21.8 Å². The fourth-order valence-electron chi connectivity index (χ4n) is 3.93. The van der Waals surface area contributed by atoms with Gasteiger partial charge in [-0.1, -0.05) is 60.1 Å². The summed E-state index contributed by atoms with van der Waals surface area (Å²) in [6, 6.07) is 24.5. The van der Waals surface area contributed by atoms with Gasteiger partial charge in [0.2, 0.25) is 5.91 Å². The van der Waals surface area contributed by atoms with Gasteiger partial charge >= 0.3 is 0 Å². The molecular formula is C25H20ClN5O. The van der Waals surface area contributed by atoms with E-state index in [0.717, 1.165) is 34.0 Å². The maximum atomic E-state index is 12.9. The summed E-state index contributed by atoms with van der Waals surface area (Å²) in [6.45, 7) is 1.90. The summed E-state index contributed by atoms with van der Waals surface area (Å²) in [4.78, 5) is 18.0. The first-order valence-electron chi connectivity index (χ1n) is 10.3. The standard InChI is InChI=1S/C25H20ClN5O/c1-16-29-30-25-21(15-23(32)27-19-7-3-2-4-8-19)28-24(17-11-13-18(26)14-12-17)20-9-5-6-10-22(20)31(16)25/h2-14,21H,15H2,1H3,(H,27,32). The second-order valence-electron chi connectivity index (χ2n) is 7.58. The highest BCUT2D eigenvalue weighted by molar-refractivity contribution is 6.30. The van der Waals surface area contributed by atoms with Gasteiger partial charge in [-0.2, -0.15) is 0 Å². The molecule has 0 spiro atoms. The van der Waals surface area contributed by atoms with Crippen LogP contribution in [-0.2, 0) is 4.79 Å². The van der Waals surface area contributed by atoms with Crippen LogP contribution >= 0.6 is 11.6 Å². The van der Waals surface area contributed by atoms with Crippen LogP contribution in [0.15, 0.2) is 83.9 Å². The van der Waals surface area contributed by atoms with E-state index in [2.05, 4.69) is 15.5 Å². The predicted molar refractivity (Wildman–Crippen MR) is 126 cm³/mol. The largest absolute Gasteiger partial charge is 0.326 e. The fraction of sp³-hybridized carbons (Fsp3) is 0.120. The maximum absolute atomic E-state index is 12.9. The second kappa shape index (κ2) is 8.40. The van der Waals surface area contributed by atoms with E-state index in [1.807, 2.05) is 90.4 Å². The second-order valence-corrected chi connectivity index (χ2v) is 8.01. The molecule has 0 aliphatic carbocycles. The van der Waals surface area contributed by atoms with Gasteiger partial charge in [-0.05, 0) is 37.3 Å². The third kappa shape index (κ3) is 3.81. The first-order valence-corrected chi connectivity index (χ1v) is 10.7. The van der Waals surface area contributed by atoms with Crippen molar-refractivity contribution in [1.82, 2.24) is 14.8 Å². The molecule has 0 saturated heterocycles. The summed E-state index contributed by atoms with van der Waals surface area (Å²) in [5.41, 5.74) is 4.34. The first kappa shape index (κ1) is 20.2. The van der Waals surface area contributed by atoms with E-state index in [9.17, 15) is 4.79 Å². The normalized spacial score (nSPS) is 14.7. The number of carbonyl (C=O) groups excluding carboxylic acids is 1. The number of benzene rings is 3. The molecule has 0 saturated carbocycles. The van der Waals surface area contributed by atoms with Crippen LogP contribution in [0.25, 0.3) is 5.69 Å². The van der Waals surface area contributed by atoms with Gasteiger partial charge in [0.1, 0.15) is 11.9 Å². The number of hydrogen-bond acceptors (Lipinski definition) is 4. The molecule has 32 heavy (non-hydrogen) atoms. The number of nitrogens with zero attached hydrogens (tertiary/aromatic N) is 4. The zero-order chi connectivity index (χ0) is 22.1. The molecule has 1 aliphatic rings. The minimum absolute atomic E-state index is 0.137. The third-order valence-corrected chi connectivity index (χ3v) is 5.64. The molecule has 0 radical (unpaired) electrons. The van der Waals surface area contributed by atoms with Gasteiger partial charge in [0.05, 0.1) is 17.8 Å². The van der Waals surface area contributed by atoms with Gasteiger partial charge in [0.15, 0.2) is 5.82 Å². The molecule has 6 nitrogen and oxygen atoms in total. The van der Waals surface area contributed by atoms with Gasteiger partial charge in [-0.25, -0.2) is 0 Å². The van der Waals surface area contributed by atoms with Crippen LogP contribution in [-0.4, -0.2) is 26.4 Å². The lowest BCUT2D eigenvalue weighted by molar-refractivity contribution is -0.116. The third-order valence-electron chi connectivity index (χ3n) is 5.39. The molecule has 2 heterocycles. The lowest BCUT2D eigenvalue weighted by Crippen LogP contribution is -2.17. The Morgan fingerprint density at radius 3 is 2.47 bits per heavy atom. The first-order chi connectivity index (χ1) is 15.6. The van der Waals surface area contributed by atoms with E-state index in [1.165, 1.54) is 0 Å². The molecule has 0 bridgehead atoms. The summed E-state index contributed by atoms with van der Waals surface area (Å²) < 4.78 is 1.99. The summed E-state index contributed by atoms with van der Waals surface area (Å²) in [5.74, 6) is 1.24. The smallest absolute Gasteiger partial charge is 0.227 e. The average molecular weight is 442 g/mol. The highest BCUT2D eigenvalue weighted by Gasteiger charge is 2.29. The summed E-state index contributed by atoms with van der Waals surface area (Å²) in [5, 5.41) is 12.3. The SMILES string of the molecule is Cc1nnc2n1-c1ccccc1C(c1ccc(Cl)cc1)=NC2CC(=O)Nc1ccccc1. The molecule has 1 N–H and O–H groups in total. The summed E-state index contributed by atoms with van der Waals surface area (Å²) >= 11 is 6.12. The highest BCUT2D eigenvalue weighted by atomic mass is 35.5. The van der Waals surface area contributed by atoms with E-state index in [0.29, 0.717) is 10.8 Å². The summed E-state index contributed by atoms with van der Waals surface area (Å²) in [6.07, 6.45) is 0.137. The molecule has 1 atom stereocenters. The molecule has 1 unspecified atom stereocenters. The van der Waals surface area contributed by atoms with E-state index in [4.69, 9.17) is 16.6 Å². The lowest BCUT2D eigenvalue weighted by atomic mass is 10.0. The molecule has 0 fully saturated rings. The Balaban J connectivity index is 1.61. The Morgan fingerprint density at radius 1 is 0.969 bits per heavy atom. The van der Waals surface area contributed by atoms with E-state index in [1.54, 1.807) is 0 Å². The number of rotatable bonds is 4. The number of anilines is 1. The molecule has 3 aromatic carbocycles. The molecule has 158 valence electrons. The van der Waals surface area contributed by atoms with Crippen molar-refractivity contribution >= 4 is 28.9 Å². The minimum Gasteiger partial charge on any atom is -0.326 e. The van der Waals surface area contributed by atoms with E-state index < -0.39 is 6.04 Å². The molecule has 1 aliphatic heterocycles. The zero-order valence-corrected chi connectivity index (χ0v) is 18.1. The van der Waals surface area contributed by atoms with Crippen LogP contribution in [0.5, 0.6) is 0 Å². The van der Waals surface area contributed by atoms with Gasteiger partial charge in [-0.15, -0.1) is 10.2 Å². The Hall–Kier alpha value is -3.77. The number of amides is 1. The van der Waals surface area contributed by atoms with Gasteiger partial charge in [0.25, 0.3) is 0 Å². The molecule has 1 aromatic heterocycles. The lowest BCUT2D eigenvalue weighted by Gasteiger charge is -2.13. The Kier molecular flexibility index (Phi) is 5.29. The number of halogens is 1. The number of nitrogens with one attached hydrogen (secondary N) is 1. The van der Waals surface area contributed by atoms with Crippen molar-refractivity contribution in [2.24, 2.45) is 4.99 Å². The van der Waals surface area contributed by atoms with E-state index in [-0.39, 0.29) is 12.3 Å². The van der Waals surface area contributed by atoms with Crippen LogP contribution in [0.3, 0.4) is 0 Å². The van der Waals surface area contributed by atoms with Crippen molar-refractivity contribution in [2.45, 2.75) is 19.4 Å². The van der Waals surface area contributed by atoms with Gasteiger partial charge < -0.3 is 5.32 Å². The number of hydrogen-bond donors (Lipinski definition) is 1. The molecule has 7 heteroatoms. The number of fused-ring (bicyclic) bond motifs is 3. The number of para-hydroxylation sites is 2. The van der Waals surface area contributed by atoms with Crippen LogP contribution in [0.4, 0.5) is 5.69 Å². The van der Waals surface area contributed by atoms with Crippen molar-refractivity contribution in [3.8, 4) is 5.69 Å². The summed E-state index contributed by atoms with van der Waals surface area (Å²) in [7, 11) is 0. The van der Waals surface area contributed by atoms with Crippen molar-refractivity contribution < 1.29 is 4.79 Å². The number of aryl methyl sites for hydroxylation is 1.